The summed E-state index contributed by atoms with van der Waals surface area (Å²) in [7, 11) is 3.62. The van der Waals surface area contributed by atoms with E-state index in [9.17, 15) is 19.5 Å². The summed E-state index contributed by atoms with van der Waals surface area (Å²) < 4.78 is 12.4. The summed E-state index contributed by atoms with van der Waals surface area (Å²) in [6.07, 6.45) is 26.6. The van der Waals surface area contributed by atoms with Crippen molar-refractivity contribution in [3.05, 3.63) is 11.6 Å². The minimum absolute atomic E-state index is 0.0480. The molecule has 4 aliphatic carbocycles. The number of amides is 1. The number of carboxylic acids is 1. The van der Waals surface area contributed by atoms with Crippen molar-refractivity contribution in [3.8, 4) is 0 Å². The zero-order chi connectivity index (χ0) is 35.5. The van der Waals surface area contributed by atoms with Crippen LogP contribution in [0.2, 0.25) is 0 Å². The van der Waals surface area contributed by atoms with Gasteiger partial charge in [-0.05, 0) is 80.6 Å². The first-order valence-corrected chi connectivity index (χ1v) is 20.5. The number of fused-ring (bicyclic) bond motifs is 5. The van der Waals surface area contributed by atoms with Gasteiger partial charge >= 0.3 is 6.09 Å². The smallest absolute Gasteiger partial charge is 0.515 e. The molecule has 4 aliphatic rings. The molecule has 4 rings (SSSR count). The quantitative estimate of drug-likeness (QED) is 0.0884. The Kier molecular flexibility index (Phi) is 15.3. The molecule has 0 aromatic rings. The molecule has 0 aliphatic heterocycles. The highest BCUT2D eigenvalue weighted by atomic mass is 16.6. The van der Waals surface area contributed by atoms with E-state index in [1.807, 2.05) is 20.2 Å². The molecule has 7 atom stereocenters. The van der Waals surface area contributed by atoms with Gasteiger partial charge in [-0.2, -0.15) is 4.79 Å². The van der Waals surface area contributed by atoms with E-state index in [2.05, 4.69) is 20.8 Å². The van der Waals surface area contributed by atoms with Crippen LogP contribution in [0.1, 0.15) is 168 Å². The Morgan fingerprint density at radius 2 is 1.45 bits per heavy atom. The van der Waals surface area contributed by atoms with E-state index < -0.39 is 12.1 Å². The van der Waals surface area contributed by atoms with Gasteiger partial charge in [-0.25, -0.2) is 4.48 Å². The lowest BCUT2D eigenvalue weighted by molar-refractivity contribution is -0.821. The third-order valence-electron chi connectivity index (χ3n) is 13.5. The SMILES string of the molecule is CCCCCCCCCCCCCCCCOC(CC(=O)[O-])C[N+](C)(C)C(=O)O[C@H]1CC[C@H]2[C@@H]3CCC4=CC(=O)CC[C@]4(C)[C@H]3CC[C@]12C. The number of allylic oxidation sites excluding steroid dienone is 1. The van der Waals surface area contributed by atoms with E-state index >= 15 is 0 Å². The number of aliphatic carboxylic acids is 1. The molecule has 0 heterocycles. The predicted molar refractivity (Wildman–Crippen MR) is 194 cm³/mol. The van der Waals surface area contributed by atoms with Crippen molar-refractivity contribution >= 4 is 17.8 Å². The average Bonchev–Trinajstić information content (AvgIpc) is 3.38. The molecule has 0 aromatic heterocycles. The maximum absolute atomic E-state index is 13.7. The van der Waals surface area contributed by atoms with Crippen LogP contribution in [0.15, 0.2) is 11.6 Å². The number of carbonyl (C=O) groups is 3. The van der Waals surface area contributed by atoms with Crippen LogP contribution in [0.3, 0.4) is 0 Å². The molecule has 1 unspecified atom stereocenters. The summed E-state index contributed by atoms with van der Waals surface area (Å²) in [6, 6.07) is 0. The van der Waals surface area contributed by atoms with Crippen LogP contribution in [-0.4, -0.2) is 61.8 Å². The van der Waals surface area contributed by atoms with Gasteiger partial charge < -0.3 is 19.4 Å². The Morgan fingerprint density at radius 1 is 0.837 bits per heavy atom. The van der Waals surface area contributed by atoms with E-state index in [4.69, 9.17) is 9.47 Å². The average molecular weight is 686 g/mol. The van der Waals surface area contributed by atoms with Crippen LogP contribution in [-0.2, 0) is 19.1 Å². The van der Waals surface area contributed by atoms with Gasteiger partial charge in [-0.1, -0.05) is 110 Å². The van der Waals surface area contributed by atoms with Crippen molar-refractivity contribution in [2.45, 2.75) is 181 Å². The molecule has 49 heavy (non-hydrogen) atoms. The Bertz CT molecular complexity index is 1120. The van der Waals surface area contributed by atoms with Crippen LogP contribution in [0.5, 0.6) is 0 Å². The van der Waals surface area contributed by atoms with Gasteiger partial charge in [0, 0.05) is 30.8 Å². The third kappa shape index (κ3) is 10.7. The van der Waals surface area contributed by atoms with Gasteiger partial charge in [0.1, 0.15) is 18.8 Å². The van der Waals surface area contributed by atoms with Crippen molar-refractivity contribution in [1.82, 2.24) is 0 Å². The normalized spacial score (nSPS) is 30.2. The first kappa shape index (κ1) is 40.0. The third-order valence-corrected chi connectivity index (χ3v) is 13.5. The van der Waals surface area contributed by atoms with Gasteiger partial charge in [-0.15, -0.1) is 0 Å². The number of quaternary nitrogens is 1. The predicted octanol–water partition coefficient (Wildman–Crippen LogP) is 9.11. The molecule has 3 saturated carbocycles. The van der Waals surface area contributed by atoms with Crippen LogP contribution in [0, 0.1) is 28.6 Å². The highest BCUT2D eigenvalue weighted by Crippen LogP contribution is 2.65. The number of nitrogens with zero attached hydrogens (tertiary/aromatic N) is 1. The van der Waals surface area contributed by atoms with Crippen LogP contribution in [0.4, 0.5) is 4.79 Å². The van der Waals surface area contributed by atoms with E-state index in [0.29, 0.717) is 36.6 Å². The van der Waals surface area contributed by atoms with Gasteiger partial charge in [0.2, 0.25) is 0 Å². The molecule has 7 heteroatoms. The zero-order valence-corrected chi connectivity index (χ0v) is 32.0. The zero-order valence-electron chi connectivity index (χ0n) is 32.0. The maximum atomic E-state index is 13.7. The maximum Gasteiger partial charge on any atom is 0.515 e. The molecular weight excluding hydrogens is 614 g/mol. The van der Waals surface area contributed by atoms with Crippen LogP contribution in [0.25, 0.3) is 0 Å². The van der Waals surface area contributed by atoms with Crippen molar-refractivity contribution in [3.63, 3.8) is 0 Å². The highest BCUT2D eigenvalue weighted by molar-refractivity contribution is 5.91. The molecular formula is C42H71NO6. The van der Waals surface area contributed by atoms with Crippen LogP contribution >= 0.6 is 0 Å². The second-order valence-corrected chi connectivity index (χ2v) is 17.5. The van der Waals surface area contributed by atoms with Gasteiger partial charge in [0.25, 0.3) is 0 Å². The van der Waals surface area contributed by atoms with Gasteiger partial charge in [0.05, 0.1) is 14.1 Å². The summed E-state index contributed by atoms with van der Waals surface area (Å²) in [5.74, 6) is 0.875. The largest absolute Gasteiger partial charge is 0.550 e. The Hall–Kier alpha value is -1.73. The number of unbranched alkanes of at least 4 members (excludes halogenated alkanes) is 13. The monoisotopic (exact) mass is 686 g/mol. The number of carboxylic acid groups (broad SMARTS) is 1. The van der Waals surface area contributed by atoms with E-state index in [-0.39, 0.29) is 40.5 Å². The number of likely N-dealkylation sites (N-methyl/N-ethyl adjacent to an activating group) is 1. The Labute approximate surface area is 298 Å². The molecule has 280 valence electrons. The summed E-state index contributed by atoms with van der Waals surface area (Å²) in [6.45, 7) is 7.76. The molecule has 0 saturated heterocycles. The van der Waals surface area contributed by atoms with Crippen molar-refractivity contribution < 1.29 is 33.4 Å². The second kappa shape index (κ2) is 18.7. The summed E-state index contributed by atoms with van der Waals surface area (Å²) >= 11 is 0. The molecule has 7 nitrogen and oxygen atoms in total. The molecule has 3 fully saturated rings. The number of rotatable bonds is 21. The molecule has 0 bridgehead atoms. The molecule has 0 radical (unpaired) electrons. The topological polar surface area (TPSA) is 92.7 Å². The fourth-order valence-corrected chi connectivity index (χ4v) is 10.5. The summed E-state index contributed by atoms with van der Waals surface area (Å²) in [5, 5.41) is 11.6. The van der Waals surface area contributed by atoms with Gasteiger partial charge in [0.15, 0.2) is 5.78 Å². The summed E-state index contributed by atoms with van der Waals surface area (Å²) in [4.78, 5) is 37.5. The standard InChI is InChI=1S/C42H71NO6/c1-6-7-8-9-10-11-12-13-14-15-16-17-18-19-28-48-34(30-39(45)46)31-43(4,5)40(47)49-38-23-22-36-35-21-20-32-29-33(44)24-26-41(32,2)37(35)25-27-42(36,38)3/h29,34-38H,6-28,30-31H2,1-5H3/t34?,35-,36-,37-,38-,41-,42-/m0/s1. The fourth-order valence-electron chi connectivity index (χ4n) is 10.5. The minimum atomic E-state index is -1.15. The summed E-state index contributed by atoms with van der Waals surface area (Å²) in [5.41, 5.74) is 1.46. The number of hydrogen-bond donors (Lipinski definition) is 0. The number of ether oxygens (including phenoxy) is 2. The molecule has 0 aromatic carbocycles. The van der Waals surface area contributed by atoms with Crippen LogP contribution < -0.4 is 5.11 Å². The van der Waals surface area contributed by atoms with Crippen molar-refractivity contribution in [2.24, 2.45) is 28.6 Å². The minimum Gasteiger partial charge on any atom is -0.550 e. The lowest BCUT2D eigenvalue weighted by atomic mass is 9.47. The fraction of sp³-hybridized carbons (Fsp3) is 0.881. The van der Waals surface area contributed by atoms with E-state index in [1.165, 1.54) is 82.6 Å². The molecule has 0 spiro atoms. The molecule has 1 amide bonds. The first-order chi connectivity index (χ1) is 23.4. The van der Waals surface area contributed by atoms with Crippen molar-refractivity contribution in [2.75, 3.05) is 27.2 Å². The van der Waals surface area contributed by atoms with E-state index in [1.54, 1.807) is 0 Å². The first-order valence-electron chi connectivity index (χ1n) is 20.5. The number of carbonyl (C=O) groups excluding carboxylic acids is 3. The highest BCUT2D eigenvalue weighted by Gasteiger charge is 2.60. The Balaban J connectivity index is 1.17. The lowest BCUT2D eigenvalue weighted by Crippen LogP contribution is -2.55. The second-order valence-electron chi connectivity index (χ2n) is 17.5. The van der Waals surface area contributed by atoms with E-state index in [0.717, 1.165) is 57.8 Å². The van der Waals surface area contributed by atoms with Crippen molar-refractivity contribution in [1.29, 1.82) is 0 Å². The Morgan fingerprint density at radius 3 is 2.06 bits per heavy atom. The van der Waals surface area contributed by atoms with Gasteiger partial charge in [-0.3, -0.25) is 4.79 Å². The molecule has 0 N–H and O–H groups in total. The number of hydrogen-bond acceptors (Lipinski definition) is 6. The number of ketones is 1. The lowest BCUT2D eigenvalue weighted by Gasteiger charge is -2.57.